The molecule has 0 aromatic carbocycles. The summed E-state index contributed by atoms with van der Waals surface area (Å²) in [5, 5.41) is 9.62. The molecular formula is C6H8ClF3N4O. The third-order valence-electron chi connectivity index (χ3n) is 1.20. The van der Waals surface area contributed by atoms with Crippen LogP contribution in [0.1, 0.15) is 0 Å². The number of aromatic amines is 1. The van der Waals surface area contributed by atoms with Crippen molar-refractivity contribution in [2.45, 2.75) is 6.18 Å². The smallest absolute Gasteiger partial charge is 0.329 e. The van der Waals surface area contributed by atoms with Crippen LogP contribution in [0.25, 0.3) is 0 Å². The fourth-order valence-corrected chi connectivity index (χ4v) is 0.673. The van der Waals surface area contributed by atoms with Gasteiger partial charge in [-0.05, 0) is 0 Å². The average molecular weight is 245 g/mol. The summed E-state index contributed by atoms with van der Waals surface area (Å²) < 4.78 is 34.9. The van der Waals surface area contributed by atoms with Crippen LogP contribution in [0.15, 0.2) is 12.3 Å². The number of rotatable bonds is 2. The zero-order chi connectivity index (χ0) is 10.6. The summed E-state index contributed by atoms with van der Waals surface area (Å²) in [6.07, 6.45) is -3.05. The molecule has 9 heteroatoms. The molecule has 1 aromatic heterocycles. The molecule has 0 bridgehead atoms. The Labute approximate surface area is 88.8 Å². The summed E-state index contributed by atoms with van der Waals surface area (Å²) in [6.45, 7) is -1.37. The lowest BCUT2D eigenvalue weighted by atomic mass is 10.6. The van der Waals surface area contributed by atoms with Gasteiger partial charge in [0.2, 0.25) is 0 Å². The Kier molecular flexibility index (Phi) is 4.92. The van der Waals surface area contributed by atoms with Crippen molar-refractivity contribution in [3.8, 4) is 0 Å². The van der Waals surface area contributed by atoms with E-state index in [4.69, 9.17) is 0 Å². The van der Waals surface area contributed by atoms with Gasteiger partial charge in [-0.25, -0.2) is 4.79 Å². The molecule has 0 aliphatic rings. The lowest BCUT2D eigenvalue weighted by molar-refractivity contribution is -0.122. The number of halogens is 4. The van der Waals surface area contributed by atoms with Crippen LogP contribution in [0.4, 0.5) is 23.8 Å². The summed E-state index contributed by atoms with van der Waals surface area (Å²) in [5.74, 6) is 0.227. The fourth-order valence-electron chi connectivity index (χ4n) is 0.673. The van der Waals surface area contributed by atoms with E-state index in [-0.39, 0.29) is 18.2 Å². The van der Waals surface area contributed by atoms with Crippen LogP contribution in [0.3, 0.4) is 0 Å². The Morgan fingerprint density at radius 1 is 1.53 bits per heavy atom. The largest absolute Gasteiger partial charge is 0.405 e. The number of hydrogen-bond acceptors (Lipinski definition) is 2. The van der Waals surface area contributed by atoms with Crippen LogP contribution in [0, 0.1) is 0 Å². The van der Waals surface area contributed by atoms with Crippen molar-refractivity contribution in [1.82, 2.24) is 15.5 Å². The SMILES string of the molecule is Cl.O=C(NCC(F)(F)F)Nc1ccn[nH]1. The van der Waals surface area contributed by atoms with E-state index in [1.54, 1.807) is 5.32 Å². The third-order valence-corrected chi connectivity index (χ3v) is 1.20. The van der Waals surface area contributed by atoms with E-state index in [9.17, 15) is 18.0 Å². The summed E-state index contributed by atoms with van der Waals surface area (Å²) in [7, 11) is 0. The van der Waals surface area contributed by atoms with E-state index >= 15 is 0 Å². The predicted molar refractivity (Wildman–Crippen MR) is 48.9 cm³/mol. The van der Waals surface area contributed by atoms with Crippen LogP contribution < -0.4 is 10.6 Å². The van der Waals surface area contributed by atoms with Gasteiger partial charge in [-0.2, -0.15) is 18.3 Å². The van der Waals surface area contributed by atoms with Crippen molar-refractivity contribution in [2.75, 3.05) is 11.9 Å². The molecule has 0 saturated carbocycles. The Morgan fingerprint density at radius 2 is 2.20 bits per heavy atom. The van der Waals surface area contributed by atoms with Crippen molar-refractivity contribution in [2.24, 2.45) is 0 Å². The zero-order valence-corrected chi connectivity index (χ0v) is 8.08. The number of hydrogen-bond donors (Lipinski definition) is 3. The van der Waals surface area contributed by atoms with Crippen LogP contribution in [0.5, 0.6) is 0 Å². The zero-order valence-electron chi connectivity index (χ0n) is 7.26. The number of H-pyrrole nitrogens is 1. The molecule has 86 valence electrons. The third kappa shape index (κ3) is 5.78. The molecule has 0 radical (unpaired) electrons. The summed E-state index contributed by atoms with van der Waals surface area (Å²) in [4.78, 5) is 10.8. The fraction of sp³-hybridized carbons (Fsp3) is 0.333. The number of carbonyl (C=O) groups is 1. The molecule has 15 heavy (non-hydrogen) atoms. The highest BCUT2D eigenvalue weighted by Crippen LogP contribution is 2.12. The van der Waals surface area contributed by atoms with Crippen molar-refractivity contribution >= 4 is 24.3 Å². The quantitative estimate of drug-likeness (QED) is 0.738. The first-order valence-electron chi connectivity index (χ1n) is 3.58. The Hall–Kier alpha value is -1.44. The molecule has 1 rings (SSSR count). The van der Waals surface area contributed by atoms with Gasteiger partial charge < -0.3 is 5.32 Å². The lowest BCUT2D eigenvalue weighted by Gasteiger charge is -2.08. The highest BCUT2D eigenvalue weighted by atomic mass is 35.5. The number of carbonyl (C=O) groups excluding carboxylic acids is 1. The molecule has 0 unspecified atom stereocenters. The van der Waals surface area contributed by atoms with Crippen molar-refractivity contribution in [3.05, 3.63) is 12.3 Å². The molecule has 2 amide bonds. The highest BCUT2D eigenvalue weighted by Gasteiger charge is 2.27. The standard InChI is InChI=1S/C6H7F3N4O.ClH/c7-6(8,9)3-10-5(14)12-4-1-2-11-13-4;/h1-2H,3H2,(H3,10,11,12,13,14);1H. The van der Waals surface area contributed by atoms with Gasteiger partial charge in [0.15, 0.2) is 0 Å². The molecule has 1 aromatic rings. The second-order valence-corrected chi connectivity index (χ2v) is 2.39. The second kappa shape index (κ2) is 5.44. The van der Waals surface area contributed by atoms with Gasteiger partial charge in [0.25, 0.3) is 0 Å². The van der Waals surface area contributed by atoms with Gasteiger partial charge in [-0.15, -0.1) is 12.4 Å². The topological polar surface area (TPSA) is 69.8 Å². The second-order valence-electron chi connectivity index (χ2n) is 2.39. The number of aromatic nitrogens is 2. The van der Waals surface area contributed by atoms with E-state index in [0.717, 1.165) is 0 Å². The number of amides is 2. The van der Waals surface area contributed by atoms with Gasteiger partial charge in [0.05, 0.1) is 6.20 Å². The number of urea groups is 1. The molecule has 5 nitrogen and oxygen atoms in total. The molecule has 0 aliphatic heterocycles. The molecule has 0 fully saturated rings. The molecule has 1 heterocycles. The summed E-state index contributed by atoms with van der Waals surface area (Å²) in [5.41, 5.74) is 0. The molecule has 0 spiro atoms. The Morgan fingerprint density at radius 3 is 2.67 bits per heavy atom. The summed E-state index contributed by atoms with van der Waals surface area (Å²) >= 11 is 0. The molecule has 0 atom stereocenters. The summed E-state index contributed by atoms with van der Waals surface area (Å²) in [6, 6.07) is 0.472. The van der Waals surface area contributed by atoms with Gasteiger partial charge in [-0.1, -0.05) is 0 Å². The van der Waals surface area contributed by atoms with Crippen molar-refractivity contribution in [3.63, 3.8) is 0 Å². The van der Waals surface area contributed by atoms with E-state index in [0.29, 0.717) is 0 Å². The van der Waals surface area contributed by atoms with Crippen LogP contribution in [-0.4, -0.2) is 28.9 Å². The van der Waals surface area contributed by atoms with Crippen molar-refractivity contribution in [1.29, 1.82) is 0 Å². The monoisotopic (exact) mass is 244 g/mol. The van der Waals surface area contributed by atoms with Gasteiger partial charge in [-0.3, -0.25) is 10.4 Å². The molecular weight excluding hydrogens is 237 g/mol. The van der Waals surface area contributed by atoms with Gasteiger partial charge >= 0.3 is 12.2 Å². The van der Waals surface area contributed by atoms with Crippen LogP contribution in [0.2, 0.25) is 0 Å². The number of nitrogens with one attached hydrogen (secondary N) is 3. The average Bonchev–Trinajstić information content (AvgIpc) is 2.52. The predicted octanol–water partition coefficient (Wildman–Crippen LogP) is 1.52. The van der Waals surface area contributed by atoms with Crippen molar-refractivity contribution < 1.29 is 18.0 Å². The number of anilines is 1. The molecule has 0 aliphatic carbocycles. The molecule has 3 N–H and O–H groups in total. The van der Waals surface area contributed by atoms with E-state index in [1.165, 1.54) is 12.3 Å². The maximum Gasteiger partial charge on any atom is 0.405 e. The minimum absolute atomic E-state index is 0. The Bertz CT molecular complexity index is 300. The normalized spacial score (nSPS) is 10.3. The minimum Gasteiger partial charge on any atom is -0.329 e. The maximum atomic E-state index is 11.6. The van der Waals surface area contributed by atoms with Gasteiger partial charge in [0, 0.05) is 6.07 Å². The maximum absolute atomic E-state index is 11.6. The van der Waals surface area contributed by atoms with E-state index < -0.39 is 18.8 Å². The highest BCUT2D eigenvalue weighted by molar-refractivity contribution is 5.88. The van der Waals surface area contributed by atoms with E-state index in [1.807, 2.05) is 0 Å². The number of nitrogens with zero attached hydrogens (tertiary/aromatic N) is 1. The van der Waals surface area contributed by atoms with Gasteiger partial charge in [0.1, 0.15) is 12.4 Å². The Balaban J connectivity index is 0.00000196. The molecule has 0 saturated heterocycles. The first-order valence-corrected chi connectivity index (χ1v) is 3.58. The van der Waals surface area contributed by atoms with Crippen LogP contribution in [-0.2, 0) is 0 Å². The first-order chi connectivity index (χ1) is 6.47. The number of alkyl halides is 3. The minimum atomic E-state index is -4.41. The first kappa shape index (κ1) is 13.6. The van der Waals surface area contributed by atoms with E-state index in [2.05, 4.69) is 15.5 Å². The van der Waals surface area contributed by atoms with Crippen LogP contribution >= 0.6 is 12.4 Å². The lowest BCUT2D eigenvalue weighted by Crippen LogP contribution is -2.36.